The summed E-state index contributed by atoms with van der Waals surface area (Å²) < 4.78 is 8.84. The number of aliphatic hydroxyl groups excluding tert-OH is 2. The Bertz CT molecular complexity index is 1700. The SMILES string of the molecule is CO.CO.[Ir].[c-]1ccccc1-c1cc(-c2c3c(cc4sc5ccccc5c24)oc2ccccc23)ccn1. The number of aromatic nitrogens is 1. The zero-order valence-electron chi connectivity index (χ0n) is 20.2. The quantitative estimate of drug-likeness (QED) is 0.184. The van der Waals surface area contributed by atoms with Gasteiger partial charge in [-0.05, 0) is 35.5 Å². The molecule has 1 radical (unpaired) electrons. The standard InChI is InChI=1S/C29H16NOS.2CH4O.Ir/c1-2-8-18(9-3-1)22-16-19(14-15-30-22)27-28-20-10-4-6-12-23(20)31-24(28)17-26-29(27)21-11-5-7-13-25(21)32-26;2*1-2;/h1-8,10-17H;2*2H,1H3;/q-1;;;. The molecule has 0 spiro atoms. The molecule has 3 aromatic heterocycles. The number of hydrogen-bond acceptors (Lipinski definition) is 5. The average Bonchev–Trinajstić information content (AvgIpc) is 3.52. The number of furan rings is 1. The topological polar surface area (TPSA) is 66.5 Å². The second-order valence-corrected chi connectivity index (χ2v) is 8.98. The Labute approximate surface area is 232 Å². The molecule has 4 aromatic carbocycles. The van der Waals surface area contributed by atoms with Crippen LogP contribution in [0.15, 0.2) is 102 Å². The molecule has 7 aromatic rings. The van der Waals surface area contributed by atoms with Crippen LogP contribution in [0.2, 0.25) is 0 Å². The van der Waals surface area contributed by atoms with E-state index in [1.54, 1.807) is 0 Å². The largest absolute Gasteiger partial charge is 0.456 e. The number of fused-ring (bicyclic) bond motifs is 6. The van der Waals surface area contributed by atoms with Crippen LogP contribution < -0.4 is 0 Å². The van der Waals surface area contributed by atoms with Crippen LogP contribution in [0.25, 0.3) is 64.5 Å². The number of pyridine rings is 1. The van der Waals surface area contributed by atoms with Crippen molar-refractivity contribution in [2.24, 2.45) is 0 Å². The molecule has 0 aliphatic carbocycles. The van der Waals surface area contributed by atoms with Gasteiger partial charge in [-0.15, -0.1) is 47.2 Å². The Morgan fingerprint density at radius 2 is 1.46 bits per heavy atom. The molecular weight excluding hydrogens is 659 g/mol. The number of thiophene rings is 1. The summed E-state index contributed by atoms with van der Waals surface area (Å²) >= 11 is 1.81. The van der Waals surface area contributed by atoms with Gasteiger partial charge in [0.05, 0.1) is 0 Å². The van der Waals surface area contributed by atoms with Crippen LogP contribution in [0.5, 0.6) is 0 Å². The summed E-state index contributed by atoms with van der Waals surface area (Å²) in [6.45, 7) is 0. The molecule has 0 aliphatic rings. The van der Waals surface area contributed by atoms with E-state index in [1.165, 1.54) is 25.7 Å². The van der Waals surface area contributed by atoms with Crippen molar-refractivity contribution in [2.45, 2.75) is 0 Å². The van der Waals surface area contributed by atoms with Crippen LogP contribution in [0.3, 0.4) is 0 Å². The van der Waals surface area contributed by atoms with Gasteiger partial charge in [-0.25, -0.2) is 0 Å². The van der Waals surface area contributed by atoms with E-state index in [0.717, 1.165) is 53.0 Å². The van der Waals surface area contributed by atoms with E-state index in [9.17, 15) is 0 Å². The number of rotatable bonds is 2. The maximum absolute atomic E-state index is 7.00. The van der Waals surface area contributed by atoms with Crippen LogP contribution in [0.1, 0.15) is 0 Å². The number of aliphatic hydroxyl groups is 2. The predicted octanol–water partition coefficient (Wildman–Crippen LogP) is 7.70. The first-order chi connectivity index (χ1) is 17.9. The molecule has 0 bridgehead atoms. The Kier molecular flexibility index (Phi) is 8.49. The van der Waals surface area contributed by atoms with Crippen LogP contribution in [-0.2, 0) is 20.1 Å². The van der Waals surface area contributed by atoms with Gasteiger partial charge in [0.15, 0.2) is 0 Å². The Morgan fingerprint density at radius 1 is 0.730 bits per heavy atom. The second kappa shape index (κ2) is 11.8. The van der Waals surface area contributed by atoms with Crippen LogP contribution in [0, 0.1) is 6.07 Å². The molecule has 0 unspecified atom stereocenters. The van der Waals surface area contributed by atoms with E-state index in [1.807, 2.05) is 47.9 Å². The molecule has 0 saturated carbocycles. The first kappa shape index (κ1) is 26.7. The molecule has 37 heavy (non-hydrogen) atoms. The summed E-state index contributed by atoms with van der Waals surface area (Å²) in [5, 5.41) is 18.9. The third kappa shape index (κ3) is 4.71. The van der Waals surface area contributed by atoms with Gasteiger partial charge in [-0.1, -0.05) is 42.5 Å². The summed E-state index contributed by atoms with van der Waals surface area (Å²) in [6, 6.07) is 34.7. The molecular formula is C31H24IrNO3S-. The number of nitrogens with zero attached hydrogens (tertiary/aromatic N) is 1. The van der Waals surface area contributed by atoms with Crippen molar-refractivity contribution < 1.29 is 34.7 Å². The van der Waals surface area contributed by atoms with Gasteiger partial charge in [0, 0.05) is 77.0 Å². The minimum Gasteiger partial charge on any atom is -0.456 e. The van der Waals surface area contributed by atoms with E-state index in [0.29, 0.717) is 0 Å². The fourth-order valence-electron chi connectivity index (χ4n) is 4.67. The third-order valence-corrected chi connectivity index (χ3v) is 7.16. The zero-order valence-corrected chi connectivity index (χ0v) is 23.4. The molecule has 0 fully saturated rings. The molecule has 0 aliphatic heterocycles. The van der Waals surface area contributed by atoms with Crippen molar-refractivity contribution in [1.82, 2.24) is 4.98 Å². The summed E-state index contributed by atoms with van der Waals surface area (Å²) in [4.78, 5) is 4.64. The normalized spacial score (nSPS) is 10.5. The summed E-state index contributed by atoms with van der Waals surface area (Å²) in [6.07, 6.45) is 1.90. The molecule has 0 atom stereocenters. The van der Waals surface area contributed by atoms with E-state index in [-0.39, 0.29) is 20.1 Å². The summed E-state index contributed by atoms with van der Waals surface area (Å²) in [5.74, 6) is 0. The van der Waals surface area contributed by atoms with Crippen molar-refractivity contribution in [3.63, 3.8) is 0 Å². The first-order valence-electron chi connectivity index (χ1n) is 11.5. The van der Waals surface area contributed by atoms with Gasteiger partial charge in [-0.3, -0.25) is 0 Å². The van der Waals surface area contributed by atoms with E-state index in [2.05, 4.69) is 71.7 Å². The first-order valence-corrected chi connectivity index (χ1v) is 12.3. The van der Waals surface area contributed by atoms with Crippen molar-refractivity contribution in [1.29, 1.82) is 0 Å². The smallest absolute Gasteiger partial charge is 0.137 e. The molecule has 187 valence electrons. The zero-order chi connectivity index (χ0) is 25.1. The molecule has 7 rings (SSSR count). The fraction of sp³-hybridized carbons (Fsp3) is 0.0645. The van der Waals surface area contributed by atoms with E-state index < -0.39 is 0 Å². The van der Waals surface area contributed by atoms with Crippen molar-refractivity contribution in [3.8, 4) is 22.4 Å². The van der Waals surface area contributed by atoms with Crippen molar-refractivity contribution in [2.75, 3.05) is 14.2 Å². The summed E-state index contributed by atoms with van der Waals surface area (Å²) in [5.41, 5.74) is 6.09. The van der Waals surface area contributed by atoms with E-state index in [4.69, 9.17) is 14.6 Å². The minimum absolute atomic E-state index is 0. The molecule has 0 saturated heterocycles. The molecule has 4 nitrogen and oxygen atoms in total. The third-order valence-electron chi connectivity index (χ3n) is 6.04. The van der Waals surface area contributed by atoms with Crippen LogP contribution >= 0.6 is 11.3 Å². The van der Waals surface area contributed by atoms with E-state index >= 15 is 0 Å². The van der Waals surface area contributed by atoms with Gasteiger partial charge in [0.1, 0.15) is 11.2 Å². The minimum atomic E-state index is 0. The van der Waals surface area contributed by atoms with Crippen molar-refractivity contribution >= 4 is 53.4 Å². The molecule has 0 amide bonds. The van der Waals surface area contributed by atoms with Gasteiger partial charge in [0.25, 0.3) is 0 Å². The van der Waals surface area contributed by atoms with Gasteiger partial charge in [0.2, 0.25) is 0 Å². The van der Waals surface area contributed by atoms with Gasteiger partial charge >= 0.3 is 0 Å². The Morgan fingerprint density at radius 3 is 2.24 bits per heavy atom. The van der Waals surface area contributed by atoms with Crippen molar-refractivity contribution in [3.05, 3.63) is 103 Å². The summed E-state index contributed by atoms with van der Waals surface area (Å²) in [7, 11) is 2.00. The van der Waals surface area contributed by atoms with Gasteiger partial charge in [-0.2, -0.15) is 0 Å². The van der Waals surface area contributed by atoms with Crippen LogP contribution in [-0.4, -0.2) is 29.4 Å². The molecule has 3 heterocycles. The monoisotopic (exact) mass is 683 g/mol. The van der Waals surface area contributed by atoms with Crippen LogP contribution in [0.4, 0.5) is 0 Å². The fourth-order valence-corrected chi connectivity index (χ4v) is 5.81. The Hall–Kier alpha value is -3.38. The molecule has 2 N–H and O–H groups in total. The maximum atomic E-state index is 7.00. The number of benzene rings is 4. The predicted molar refractivity (Wildman–Crippen MR) is 150 cm³/mol. The number of para-hydroxylation sites is 1. The Balaban J connectivity index is 0.000000613. The second-order valence-electron chi connectivity index (χ2n) is 7.90. The number of hydrogen-bond donors (Lipinski definition) is 2. The molecule has 6 heteroatoms. The average molecular weight is 683 g/mol. The van der Waals surface area contributed by atoms with Gasteiger partial charge < -0.3 is 19.6 Å². The maximum Gasteiger partial charge on any atom is 0.137 e.